The van der Waals surface area contributed by atoms with Crippen LogP contribution >= 0.6 is 22.9 Å². The van der Waals surface area contributed by atoms with Crippen molar-refractivity contribution in [1.82, 2.24) is 4.98 Å². The number of thiazole rings is 1. The molecule has 0 amide bonds. The third-order valence-corrected chi connectivity index (χ3v) is 6.25. The van der Waals surface area contributed by atoms with E-state index in [1.54, 1.807) is 18.4 Å². The van der Waals surface area contributed by atoms with Crippen molar-refractivity contribution in [3.05, 3.63) is 47.0 Å². The standard InChI is InChI=1S/C19H20ClN3OS/c1-13-3-8-16(20)18-17(13)21-19(25-18)23-11-9-22(10-12-23)14-4-6-15(24-2)7-5-14/h3-8H,9-12H2,1-2H3. The molecule has 1 aliphatic heterocycles. The van der Waals surface area contributed by atoms with Crippen LogP contribution in [0.25, 0.3) is 10.2 Å². The summed E-state index contributed by atoms with van der Waals surface area (Å²) in [5.74, 6) is 0.893. The topological polar surface area (TPSA) is 28.6 Å². The number of hydrogen-bond acceptors (Lipinski definition) is 5. The zero-order valence-corrected chi connectivity index (χ0v) is 15.9. The van der Waals surface area contributed by atoms with Crippen LogP contribution in [0, 0.1) is 6.92 Å². The third kappa shape index (κ3) is 3.14. The number of nitrogens with zero attached hydrogens (tertiary/aromatic N) is 3. The second kappa shape index (κ2) is 6.73. The fraction of sp³-hybridized carbons (Fsp3) is 0.316. The molecule has 130 valence electrons. The lowest BCUT2D eigenvalue weighted by Gasteiger charge is -2.36. The molecule has 0 N–H and O–H groups in total. The Labute approximate surface area is 156 Å². The first-order valence-corrected chi connectivity index (χ1v) is 9.55. The maximum Gasteiger partial charge on any atom is 0.186 e. The molecule has 2 aromatic carbocycles. The zero-order valence-electron chi connectivity index (χ0n) is 14.3. The smallest absolute Gasteiger partial charge is 0.186 e. The minimum atomic E-state index is 0.793. The highest BCUT2D eigenvalue weighted by Gasteiger charge is 2.21. The van der Waals surface area contributed by atoms with Gasteiger partial charge in [-0.2, -0.15) is 0 Å². The highest BCUT2D eigenvalue weighted by atomic mass is 35.5. The van der Waals surface area contributed by atoms with Crippen LogP contribution in [-0.2, 0) is 0 Å². The first-order chi connectivity index (χ1) is 12.2. The molecule has 0 unspecified atom stereocenters. The van der Waals surface area contributed by atoms with Gasteiger partial charge < -0.3 is 14.5 Å². The van der Waals surface area contributed by atoms with Gasteiger partial charge in [-0.25, -0.2) is 4.98 Å². The molecule has 0 radical (unpaired) electrons. The maximum atomic E-state index is 6.34. The van der Waals surface area contributed by atoms with Gasteiger partial charge in [-0.3, -0.25) is 0 Å². The molecule has 0 bridgehead atoms. The fourth-order valence-corrected chi connectivity index (χ4v) is 4.54. The van der Waals surface area contributed by atoms with E-state index in [9.17, 15) is 0 Å². The Morgan fingerprint density at radius 1 is 1.00 bits per heavy atom. The van der Waals surface area contributed by atoms with Crippen molar-refractivity contribution in [3.63, 3.8) is 0 Å². The predicted octanol–water partition coefficient (Wildman–Crippen LogP) is 4.59. The predicted molar refractivity (Wildman–Crippen MR) is 107 cm³/mol. The number of rotatable bonds is 3. The van der Waals surface area contributed by atoms with Gasteiger partial charge in [-0.05, 0) is 42.8 Å². The number of methoxy groups -OCH3 is 1. The molecular formula is C19H20ClN3OS. The van der Waals surface area contributed by atoms with E-state index in [-0.39, 0.29) is 0 Å². The van der Waals surface area contributed by atoms with Crippen LogP contribution in [-0.4, -0.2) is 38.3 Å². The van der Waals surface area contributed by atoms with E-state index in [1.165, 1.54) is 11.3 Å². The lowest BCUT2D eigenvalue weighted by molar-refractivity contribution is 0.415. The van der Waals surface area contributed by atoms with Crippen molar-refractivity contribution in [2.75, 3.05) is 43.1 Å². The van der Waals surface area contributed by atoms with Gasteiger partial charge in [0.05, 0.1) is 22.3 Å². The summed E-state index contributed by atoms with van der Waals surface area (Å²) in [5, 5.41) is 1.86. The van der Waals surface area contributed by atoms with Crippen LogP contribution < -0.4 is 14.5 Å². The number of ether oxygens (including phenoxy) is 1. The van der Waals surface area contributed by atoms with Gasteiger partial charge >= 0.3 is 0 Å². The Morgan fingerprint density at radius 2 is 1.68 bits per heavy atom. The summed E-state index contributed by atoms with van der Waals surface area (Å²) < 4.78 is 6.33. The largest absolute Gasteiger partial charge is 0.497 e. The summed E-state index contributed by atoms with van der Waals surface area (Å²) in [5.41, 5.74) is 3.45. The summed E-state index contributed by atoms with van der Waals surface area (Å²) in [7, 11) is 1.69. The number of piperazine rings is 1. The van der Waals surface area contributed by atoms with Crippen molar-refractivity contribution < 1.29 is 4.74 Å². The van der Waals surface area contributed by atoms with Crippen molar-refractivity contribution in [2.45, 2.75) is 6.92 Å². The molecule has 4 nitrogen and oxygen atoms in total. The average Bonchev–Trinajstić information content (AvgIpc) is 3.12. The minimum absolute atomic E-state index is 0.793. The van der Waals surface area contributed by atoms with Crippen LogP contribution in [0.2, 0.25) is 5.02 Å². The van der Waals surface area contributed by atoms with Crippen molar-refractivity contribution >= 4 is 44.0 Å². The fourth-order valence-electron chi connectivity index (χ4n) is 3.17. The highest BCUT2D eigenvalue weighted by molar-refractivity contribution is 7.22. The van der Waals surface area contributed by atoms with Crippen LogP contribution in [0.1, 0.15) is 5.56 Å². The van der Waals surface area contributed by atoms with E-state index in [4.69, 9.17) is 21.3 Å². The molecule has 0 saturated carbocycles. The summed E-state index contributed by atoms with van der Waals surface area (Å²) in [6, 6.07) is 12.3. The zero-order chi connectivity index (χ0) is 17.4. The Kier molecular flexibility index (Phi) is 4.44. The number of halogens is 1. The van der Waals surface area contributed by atoms with Gasteiger partial charge in [0.1, 0.15) is 5.75 Å². The Balaban J connectivity index is 1.50. The highest BCUT2D eigenvalue weighted by Crippen LogP contribution is 2.36. The third-order valence-electron chi connectivity index (χ3n) is 4.67. The van der Waals surface area contributed by atoms with Crippen molar-refractivity contribution in [3.8, 4) is 5.75 Å². The first-order valence-electron chi connectivity index (χ1n) is 8.35. The molecule has 0 spiro atoms. The summed E-state index contributed by atoms with van der Waals surface area (Å²) in [6.07, 6.45) is 0. The van der Waals surface area contributed by atoms with Crippen LogP contribution in [0.4, 0.5) is 10.8 Å². The maximum absolute atomic E-state index is 6.34. The van der Waals surface area contributed by atoms with Crippen LogP contribution in [0.15, 0.2) is 36.4 Å². The van der Waals surface area contributed by atoms with Gasteiger partial charge in [-0.15, -0.1) is 0 Å². The number of fused-ring (bicyclic) bond motifs is 1. The van der Waals surface area contributed by atoms with E-state index in [1.807, 2.05) is 24.3 Å². The van der Waals surface area contributed by atoms with Gasteiger partial charge in [0.2, 0.25) is 0 Å². The Morgan fingerprint density at radius 3 is 2.32 bits per heavy atom. The van der Waals surface area contributed by atoms with E-state index in [0.717, 1.165) is 52.3 Å². The second-order valence-corrected chi connectivity index (χ2v) is 7.60. The van der Waals surface area contributed by atoms with Crippen LogP contribution in [0.5, 0.6) is 5.75 Å². The van der Waals surface area contributed by atoms with Crippen LogP contribution in [0.3, 0.4) is 0 Å². The lowest BCUT2D eigenvalue weighted by Crippen LogP contribution is -2.46. The number of hydrogen-bond donors (Lipinski definition) is 0. The molecule has 4 rings (SSSR count). The average molecular weight is 374 g/mol. The molecule has 25 heavy (non-hydrogen) atoms. The van der Waals surface area contributed by atoms with Gasteiger partial charge in [0, 0.05) is 31.9 Å². The SMILES string of the molecule is COc1ccc(N2CCN(c3nc4c(C)ccc(Cl)c4s3)CC2)cc1. The monoisotopic (exact) mass is 373 g/mol. The quantitative estimate of drug-likeness (QED) is 0.671. The van der Waals surface area contributed by atoms with Gasteiger partial charge in [-0.1, -0.05) is 29.0 Å². The number of aryl methyl sites for hydroxylation is 1. The number of benzene rings is 2. The molecule has 0 atom stereocenters. The van der Waals surface area contributed by atoms with E-state index < -0.39 is 0 Å². The molecule has 1 aromatic heterocycles. The number of aromatic nitrogens is 1. The molecule has 2 heterocycles. The van der Waals surface area contributed by atoms with E-state index in [0.29, 0.717) is 0 Å². The molecule has 1 saturated heterocycles. The molecule has 1 fully saturated rings. The molecular weight excluding hydrogens is 354 g/mol. The number of anilines is 2. The van der Waals surface area contributed by atoms with E-state index in [2.05, 4.69) is 28.9 Å². The molecule has 6 heteroatoms. The Bertz CT molecular complexity index is 847. The molecule has 0 aliphatic carbocycles. The van der Waals surface area contributed by atoms with E-state index >= 15 is 0 Å². The Hall–Kier alpha value is -1.98. The normalized spacial score (nSPS) is 15.0. The minimum Gasteiger partial charge on any atom is -0.497 e. The lowest BCUT2D eigenvalue weighted by atomic mass is 10.2. The van der Waals surface area contributed by atoms with Crippen molar-refractivity contribution in [1.29, 1.82) is 0 Å². The van der Waals surface area contributed by atoms with Gasteiger partial charge in [0.15, 0.2) is 5.13 Å². The van der Waals surface area contributed by atoms with Crippen molar-refractivity contribution in [2.24, 2.45) is 0 Å². The summed E-state index contributed by atoms with van der Waals surface area (Å²) in [4.78, 5) is 9.61. The second-order valence-electron chi connectivity index (χ2n) is 6.21. The first kappa shape index (κ1) is 16.5. The molecule has 1 aliphatic rings. The summed E-state index contributed by atoms with van der Waals surface area (Å²) >= 11 is 8.04. The van der Waals surface area contributed by atoms with Gasteiger partial charge in [0.25, 0.3) is 0 Å². The molecule has 3 aromatic rings. The summed E-state index contributed by atoms with van der Waals surface area (Å²) in [6.45, 7) is 5.97.